The van der Waals surface area contributed by atoms with Crippen LogP contribution in [0.3, 0.4) is 0 Å². The molecule has 2 aliphatic rings. The second kappa shape index (κ2) is 7.78. The zero-order valence-electron chi connectivity index (χ0n) is 16.2. The van der Waals surface area contributed by atoms with Crippen LogP contribution in [-0.4, -0.2) is 40.9 Å². The molecule has 3 aromatic rings. The topological polar surface area (TPSA) is 77.7 Å². The molecule has 2 aromatic carbocycles. The van der Waals surface area contributed by atoms with Gasteiger partial charge in [0.05, 0.1) is 12.3 Å². The zero-order valence-corrected chi connectivity index (χ0v) is 16.2. The third kappa shape index (κ3) is 3.72. The Morgan fingerprint density at radius 2 is 1.93 bits per heavy atom. The van der Waals surface area contributed by atoms with Gasteiger partial charge in [-0.3, -0.25) is 4.79 Å². The summed E-state index contributed by atoms with van der Waals surface area (Å²) in [5.74, 6) is 2.00. The fourth-order valence-electron chi connectivity index (χ4n) is 3.84. The highest BCUT2D eigenvalue weighted by Gasteiger charge is 2.29. The molecule has 3 heterocycles. The van der Waals surface area contributed by atoms with Crippen LogP contribution in [0.2, 0.25) is 0 Å². The highest BCUT2D eigenvalue weighted by molar-refractivity contribution is 5.79. The molecule has 1 aromatic heterocycles. The van der Waals surface area contributed by atoms with E-state index in [2.05, 4.69) is 10.2 Å². The SMILES string of the molecule is O=C(Cc1ccc(F)cc1)N1CCC[C@@H](c2nnc(-c3ccc4c(c3)OCO4)o2)C1. The minimum absolute atomic E-state index is 0.00817. The maximum atomic E-state index is 13.1. The number of likely N-dealkylation sites (tertiary alicyclic amines) is 1. The Kier molecular flexibility index (Phi) is 4.82. The molecule has 2 aliphatic heterocycles. The van der Waals surface area contributed by atoms with Crippen molar-refractivity contribution in [1.82, 2.24) is 15.1 Å². The molecule has 154 valence electrons. The molecule has 8 heteroatoms. The maximum Gasteiger partial charge on any atom is 0.247 e. The van der Waals surface area contributed by atoms with Gasteiger partial charge in [-0.1, -0.05) is 12.1 Å². The van der Waals surface area contributed by atoms with Crippen molar-refractivity contribution in [2.45, 2.75) is 25.2 Å². The maximum absolute atomic E-state index is 13.1. The van der Waals surface area contributed by atoms with Crippen LogP contribution in [-0.2, 0) is 11.2 Å². The summed E-state index contributed by atoms with van der Waals surface area (Å²) in [6, 6.07) is 11.5. The second-order valence-corrected chi connectivity index (χ2v) is 7.50. The quantitative estimate of drug-likeness (QED) is 0.656. The Morgan fingerprint density at radius 1 is 1.10 bits per heavy atom. The molecular weight excluding hydrogens is 389 g/mol. The number of benzene rings is 2. The number of hydrogen-bond acceptors (Lipinski definition) is 6. The van der Waals surface area contributed by atoms with Gasteiger partial charge in [0.15, 0.2) is 11.5 Å². The van der Waals surface area contributed by atoms with Crippen LogP contribution in [0.1, 0.15) is 30.2 Å². The lowest BCUT2D eigenvalue weighted by Crippen LogP contribution is -2.40. The van der Waals surface area contributed by atoms with Crippen molar-refractivity contribution in [3.05, 3.63) is 59.7 Å². The van der Waals surface area contributed by atoms with Gasteiger partial charge in [-0.25, -0.2) is 4.39 Å². The van der Waals surface area contributed by atoms with Gasteiger partial charge in [0.25, 0.3) is 0 Å². The van der Waals surface area contributed by atoms with Crippen molar-refractivity contribution < 1.29 is 23.1 Å². The van der Waals surface area contributed by atoms with Crippen molar-refractivity contribution in [3.63, 3.8) is 0 Å². The Labute approximate surface area is 172 Å². The van der Waals surface area contributed by atoms with Gasteiger partial charge in [0.1, 0.15) is 5.82 Å². The summed E-state index contributed by atoms with van der Waals surface area (Å²) in [7, 11) is 0. The first kappa shape index (κ1) is 18.6. The number of rotatable bonds is 4. The summed E-state index contributed by atoms with van der Waals surface area (Å²) in [6.07, 6.45) is 1.99. The molecule has 0 bridgehead atoms. The first-order valence-electron chi connectivity index (χ1n) is 9.91. The molecule has 1 fully saturated rings. The second-order valence-electron chi connectivity index (χ2n) is 7.50. The average Bonchev–Trinajstić information content (AvgIpc) is 3.44. The van der Waals surface area contributed by atoms with E-state index in [-0.39, 0.29) is 30.9 Å². The van der Waals surface area contributed by atoms with Gasteiger partial charge in [0, 0.05) is 18.7 Å². The normalized spacial score (nSPS) is 17.9. The summed E-state index contributed by atoms with van der Waals surface area (Å²) in [5.41, 5.74) is 1.56. The van der Waals surface area contributed by atoms with Crippen LogP contribution in [0.25, 0.3) is 11.5 Å². The van der Waals surface area contributed by atoms with Crippen LogP contribution in [0, 0.1) is 5.82 Å². The monoisotopic (exact) mass is 409 g/mol. The Morgan fingerprint density at radius 3 is 2.80 bits per heavy atom. The van der Waals surface area contributed by atoms with Crippen molar-refractivity contribution in [2.75, 3.05) is 19.9 Å². The van der Waals surface area contributed by atoms with E-state index in [1.807, 2.05) is 23.1 Å². The van der Waals surface area contributed by atoms with E-state index >= 15 is 0 Å². The minimum atomic E-state index is -0.307. The molecule has 7 nitrogen and oxygen atoms in total. The molecule has 1 atom stereocenters. The molecule has 1 amide bonds. The average molecular weight is 409 g/mol. The van der Waals surface area contributed by atoms with E-state index in [1.54, 1.807) is 12.1 Å². The summed E-state index contributed by atoms with van der Waals surface area (Å²) >= 11 is 0. The summed E-state index contributed by atoms with van der Waals surface area (Å²) < 4.78 is 29.7. The number of carbonyl (C=O) groups is 1. The summed E-state index contributed by atoms with van der Waals surface area (Å²) in [4.78, 5) is 14.5. The molecule has 0 N–H and O–H groups in total. The standard InChI is InChI=1S/C22H20FN3O4/c23-17-6-3-14(4-7-17)10-20(27)26-9-1-2-16(12-26)22-25-24-21(30-22)15-5-8-18-19(11-15)29-13-28-18/h3-8,11,16H,1-2,9-10,12-13H2/t16-/m1/s1. The number of carbonyl (C=O) groups excluding carboxylic acids is 1. The van der Waals surface area contributed by atoms with Crippen molar-refractivity contribution >= 4 is 5.91 Å². The van der Waals surface area contributed by atoms with E-state index in [4.69, 9.17) is 13.9 Å². The lowest BCUT2D eigenvalue weighted by molar-refractivity contribution is -0.131. The molecule has 0 radical (unpaired) electrons. The molecule has 0 unspecified atom stereocenters. The lowest BCUT2D eigenvalue weighted by Gasteiger charge is -2.31. The molecule has 0 spiro atoms. The highest BCUT2D eigenvalue weighted by Crippen LogP contribution is 2.36. The minimum Gasteiger partial charge on any atom is -0.454 e. The van der Waals surface area contributed by atoms with Crippen LogP contribution in [0.4, 0.5) is 4.39 Å². The molecule has 5 rings (SSSR count). The van der Waals surface area contributed by atoms with Gasteiger partial charge in [-0.15, -0.1) is 10.2 Å². The molecule has 30 heavy (non-hydrogen) atoms. The third-order valence-corrected chi connectivity index (χ3v) is 5.45. The number of piperidine rings is 1. The predicted octanol–water partition coefficient (Wildman–Crippen LogP) is 3.55. The van der Waals surface area contributed by atoms with E-state index in [9.17, 15) is 9.18 Å². The largest absolute Gasteiger partial charge is 0.454 e. The number of fused-ring (bicyclic) bond motifs is 1. The first-order valence-corrected chi connectivity index (χ1v) is 9.91. The Balaban J connectivity index is 1.27. The molecule has 0 saturated carbocycles. The number of hydrogen-bond donors (Lipinski definition) is 0. The third-order valence-electron chi connectivity index (χ3n) is 5.45. The number of aromatic nitrogens is 2. The van der Waals surface area contributed by atoms with Crippen molar-refractivity contribution in [2.24, 2.45) is 0 Å². The summed E-state index contributed by atoms with van der Waals surface area (Å²) in [6.45, 7) is 1.43. The Hall–Kier alpha value is -3.42. The first-order chi connectivity index (χ1) is 14.7. The fourth-order valence-corrected chi connectivity index (χ4v) is 3.84. The summed E-state index contributed by atoms with van der Waals surface area (Å²) in [5, 5.41) is 8.41. The van der Waals surface area contributed by atoms with Crippen LogP contribution >= 0.6 is 0 Å². The van der Waals surface area contributed by atoms with E-state index in [0.717, 1.165) is 24.0 Å². The smallest absolute Gasteiger partial charge is 0.247 e. The van der Waals surface area contributed by atoms with Gasteiger partial charge >= 0.3 is 0 Å². The van der Waals surface area contributed by atoms with Crippen LogP contribution in [0.5, 0.6) is 11.5 Å². The fraction of sp³-hybridized carbons (Fsp3) is 0.318. The lowest BCUT2D eigenvalue weighted by atomic mass is 9.97. The van der Waals surface area contributed by atoms with Gasteiger partial charge < -0.3 is 18.8 Å². The van der Waals surface area contributed by atoms with E-state index in [0.29, 0.717) is 36.4 Å². The van der Waals surface area contributed by atoms with E-state index in [1.165, 1.54) is 12.1 Å². The molecule has 0 aliphatic carbocycles. The molecular formula is C22H20FN3O4. The van der Waals surface area contributed by atoms with Gasteiger partial charge in [0.2, 0.25) is 24.5 Å². The zero-order chi connectivity index (χ0) is 20.5. The van der Waals surface area contributed by atoms with Crippen LogP contribution in [0.15, 0.2) is 46.9 Å². The van der Waals surface area contributed by atoms with Crippen molar-refractivity contribution in [1.29, 1.82) is 0 Å². The van der Waals surface area contributed by atoms with E-state index < -0.39 is 0 Å². The van der Waals surface area contributed by atoms with Gasteiger partial charge in [-0.05, 0) is 48.7 Å². The number of ether oxygens (including phenoxy) is 2. The highest BCUT2D eigenvalue weighted by atomic mass is 19.1. The number of amides is 1. The number of nitrogens with zero attached hydrogens (tertiary/aromatic N) is 3. The van der Waals surface area contributed by atoms with Crippen molar-refractivity contribution in [3.8, 4) is 23.0 Å². The molecule has 1 saturated heterocycles. The number of halogens is 1. The van der Waals surface area contributed by atoms with Gasteiger partial charge in [-0.2, -0.15) is 0 Å². The van der Waals surface area contributed by atoms with Crippen LogP contribution < -0.4 is 9.47 Å². The predicted molar refractivity (Wildman–Crippen MR) is 105 cm³/mol. The Bertz CT molecular complexity index is 1070.